The van der Waals surface area contributed by atoms with Crippen LogP contribution in [0.25, 0.3) is 17.2 Å². The first-order valence-corrected chi connectivity index (χ1v) is 16.3. The molecule has 3 amide bonds. The van der Waals surface area contributed by atoms with Crippen LogP contribution in [0.5, 0.6) is 5.88 Å². The van der Waals surface area contributed by atoms with E-state index in [1.807, 2.05) is 4.90 Å². The molecule has 5 heterocycles. The molecule has 0 atom stereocenters. The molecule has 3 aromatic heterocycles. The first-order chi connectivity index (χ1) is 24.9. The van der Waals surface area contributed by atoms with Crippen LogP contribution in [0.3, 0.4) is 0 Å². The SMILES string of the molecule is COc1ccnc(-n2cc(-c3cnc(C(=O)Nc4ccc(C(=O)N5CCN(C(=O)C6CCNCC6)CC5)c(Cl)c4)n3C)c(C(F)(F)F)n2)n1.O=CO. The van der Waals surface area contributed by atoms with Crippen LogP contribution < -0.4 is 15.4 Å². The Kier molecular flexibility index (Phi) is 11.7. The van der Waals surface area contributed by atoms with Crippen LogP contribution in [0.2, 0.25) is 5.02 Å². The van der Waals surface area contributed by atoms with E-state index in [1.165, 1.54) is 49.2 Å². The number of aromatic nitrogens is 6. The van der Waals surface area contributed by atoms with Crippen molar-refractivity contribution in [1.29, 1.82) is 0 Å². The van der Waals surface area contributed by atoms with Gasteiger partial charge in [-0.25, -0.2) is 14.6 Å². The van der Waals surface area contributed by atoms with E-state index in [0.29, 0.717) is 26.2 Å². The minimum atomic E-state index is -4.85. The number of methoxy groups -OCH3 is 1. The van der Waals surface area contributed by atoms with Gasteiger partial charge in [-0.05, 0) is 44.1 Å². The van der Waals surface area contributed by atoms with E-state index < -0.39 is 17.8 Å². The number of piperazine rings is 1. The van der Waals surface area contributed by atoms with Crippen molar-refractivity contribution in [3.63, 3.8) is 0 Å². The van der Waals surface area contributed by atoms with Crippen molar-refractivity contribution in [1.82, 2.24) is 44.4 Å². The molecule has 0 aliphatic carbocycles. The normalized spacial score (nSPS) is 15.0. The summed E-state index contributed by atoms with van der Waals surface area (Å²) < 4.78 is 49.3. The first kappa shape index (κ1) is 37.7. The Morgan fingerprint density at radius 2 is 1.75 bits per heavy atom. The number of piperidine rings is 1. The Morgan fingerprint density at radius 3 is 2.38 bits per heavy atom. The van der Waals surface area contributed by atoms with Crippen molar-refractivity contribution < 1.29 is 42.2 Å². The quantitative estimate of drug-likeness (QED) is 0.236. The van der Waals surface area contributed by atoms with Crippen molar-refractivity contribution >= 4 is 41.5 Å². The maximum Gasteiger partial charge on any atom is 0.435 e. The van der Waals surface area contributed by atoms with Gasteiger partial charge in [-0.1, -0.05) is 11.6 Å². The number of nitrogens with zero attached hydrogens (tertiary/aromatic N) is 8. The average molecular weight is 747 g/mol. The maximum atomic E-state index is 14.1. The third-order valence-corrected chi connectivity index (χ3v) is 8.82. The van der Waals surface area contributed by atoms with E-state index in [4.69, 9.17) is 26.2 Å². The third-order valence-electron chi connectivity index (χ3n) is 8.51. The minimum Gasteiger partial charge on any atom is -0.483 e. The molecule has 6 rings (SSSR count). The molecule has 0 unspecified atom stereocenters. The molecule has 1 aromatic carbocycles. The molecule has 52 heavy (non-hydrogen) atoms. The molecule has 0 saturated carbocycles. The number of nitrogens with one attached hydrogen (secondary N) is 2. The number of rotatable bonds is 7. The Hall–Kier alpha value is -5.56. The molecule has 0 bridgehead atoms. The van der Waals surface area contributed by atoms with E-state index in [0.717, 1.165) is 43.0 Å². The fourth-order valence-corrected chi connectivity index (χ4v) is 6.14. The van der Waals surface area contributed by atoms with Crippen LogP contribution >= 0.6 is 11.6 Å². The number of benzene rings is 1. The molecule has 16 nitrogen and oxygen atoms in total. The minimum absolute atomic E-state index is 0.00855. The number of imidazole rings is 1. The van der Waals surface area contributed by atoms with Crippen molar-refractivity contribution in [3.8, 4) is 23.1 Å². The highest BCUT2D eigenvalue weighted by Gasteiger charge is 2.39. The predicted octanol–water partition coefficient (Wildman–Crippen LogP) is 2.98. The van der Waals surface area contributed by atoms with Crippen LogP contribution in [-0.4, -0.2) is 115 Å². The molecule has 0 spiro atoms. The van der Waals surface area contributed by atoms with Gasteiger partial charge in [-0.3, -0.25) is 19.2 Å². The van der Waals surface area contributed by atoms with E-state index in [9.17, 15) is 27.6 Å². The summed E-state index contributed by atoms with van der Waals surface area (Å²) >= 11 is 6.48. The summed E-state index contributed by atoms with van der Waals surface area (Å²) in [5.74, 6) is -1.10. The topological polar surface area (TPSA) is 190 Å². The summed E-state index contributed by atoms with van der Waals surface area (Å²) in [5.41, 5.74) is -1.14. The maximum absolute atomic E-state index is 14.1. The predicted molar refractivity (Wildman–Crippen MR) is 179 cm³/mol. The van der Waals surface area contributed by atoms with Gasteiger partial charge >= 0.3 is 6.18 Å². The lowest BCUT2D eigenvalue weighted by molar-refractivity contribution is -0.141. The van der Waals surface area contributed by atoms with Crippen molar-refractivity contribution in [2.45, 2.75) is 19.0 Å². The summed E-state index contributed by atoms with van der Waals surface area (Å²) in [7, 11) is 2.75. The molecule has 2 aliphatic rings. The van der Waals surface area contributed by atoms with Crippen molar-refractivity contribution in [2.24, 2.45) is 13.0 Å². The Balaban J connectivity index is 0.00000168. The Labute approximate surface area is 299 Å². The first-order valence-electron chi connectivity index (χ1n) is 15.9. The van der Waals surface area contributed by atoms with Crippen LogP contribution in [0.1, 0.15) is 39.5 Å². The van der Waals surface area contributed by atoms with Crippen LogP contribution in [0.15, 0.2) is 42.9 Å². The van der Waals surface area contributed by atoms with E-state index in [-0.39, 0.29) is 69.4 Å². The molecule has 2 fully saturated rings. The second-order valence-electron chi connectivity index (χ2n) is 11.7. The third kappa shape index (κ3) is 8.31. The molecule has 276 valence electrons. The van der Waals surface area contributed by atoms with Gasteiger partial charge < -0.3 is 34.8 Å². The smallest absolute Gasteiger partial charge is 0.435 e. The summed E-state index contributed by atoms with van der Waals surface area (Å²) in [6.07, 6.45) is 0.314. The number of amides is 3. The number of hydrogen-bond acceptors (Lipinski definition) is 10. The van der Waals surface area contributed by atoms with E-state index in [1.54, 1.807) is 4.90 Å². The van der Waals surface area contributed by atoms with Crippen LogP contribution in [-0.2, 0) is 22.8 Å². The zero-order chi connectivity index (χ0) is 37.6. The highest BCUT2D eigenvalue weighted by atomic mass is 35.5. The van der Waals surface area contributed by atoms with E-state index in [2.05, 4.69) is 30.7 Å². The number of carbonyl (C=O) groups is 4. The van der Waals surface area contributed by atoms with Gasteiger partial charge in [0.15, 0.2) is 11.5 Å². The van der Waals surface area contributed by atoms with Gasteiger partial charge in [0.1, 0.15) is 0 Å². The summed E-state index contributed by atoms with van der Waals surface area (Å²) in [4.78, 5) is 63.3. The number of carbonyl (C=O) groups excluding carboxylic acids is 3. The lowest BCUT2D eigenvalue weighted by Crippen LogP contribution is -2.52. The Morgan fingerprint density at radius 1 is 1.08 bits per heavy atom. The largest absolute Gasteiger partial charge is 0.483 e. The van der Waals surface area contributed by atoms with Gasteiger partial charge in [-0.15, -0.1) is 0 Å². The number of ether oxygens (including phenoxy) is 1. The monoisotopic (exact) mass is 746 g/mol. The number of alkyl halides is 3. The lowest BCUT2D eigenvalue weighted by atomic mass is 9.96. The molecule has 0 radical (unpaired) electrons. The number of halogens is 4. The summed E-state index contributed by atoms with van der Waals surface area (Å²) in [6.45, 7) is 3.01. The second kappa shape index (κ2) is 16.2. The number of hydrogen-bond donors (Lipinski definition) is 3. The van der Waals surface area contributed by atoms with Gasteiger partial charge in [0.05, 0.1) is 35.2 Å². The second-order valence-corrected chi connectivity index (χ2v) is 12.1. The van der Waals surface area contributed by atoms with E-state index >= 15 is 0 Å². The van der Waals surface area contributed by atoms with Crippen molar-refractivity contribution in [2.75, 3.05) is 51.7 Å². The standard InChI is InChI=1S/C31H32ClF3N10O4.CH2O2/c1-42-23(21-17-45(41-25(21)31(33,34)35)30-37-10-7-24(40-30)49-2)16-38-26(42)27(46)39-19-3-4-20(22(32)15-19)29(48)44-13-11-43(12-14-44)28(47)18-5-8-36-9-6-18;2-1-3/h3-4,7,10,15-18,36H,5-6,8-9,11-14H2,1-2H3,(H,39,46);1H,(H,2,3). The lowest BCUT2D eigenvalue weighted by Gasteiger charge is -2.37. The zero-order valence-corrected chi connectivity index (χ0v) is 28.7. The highest BCUT2D eigenvalue weighted by molar-refractivity contribution is 6.34. The Bertz CT molecular complexity index is 1940. The van der Waals surface area contributed by atoms with Gasteiger partial charge in [0.25, 0.3) is 24.2 Å². The highest BCUT2D eigenvalue weighted by Crippen LogP contribution is 2.37. The molecular formula is C32H34ClF3N10O6. The summed E-state index contributed by atoms with van der Waals surface area (Å²) in [6, 6.07) is 5.83. The van der Waals surface area contributed by atoms with Gasteiger partial charge in [0.2, 0.25) is 11.8 Å². The van der Waals surface area contributed by atoms with Gasteiger partial charge in [0, 0.05) is 63.3 Å². The fourth-order valence-electron chi connectivity index (χ4n) is 5.88. The number of anilines is 1. The molecule has 20 heteroatoms. The zero-order valence-electron chi connectivity index (χ0n) is 27.9. The molecule has 3 N–H and O–H groups in total. The fraction of sp³-hybridized carbons (Fsp3) is 0.375. The average Bonchev–Trinajstić information content (AvgIpc) is 3.76. The molecule has 4 aromatic rings. The van der Waals surface area contributed by atoms with Crippen molar-refractivity contribution in [3.05, 3.63) is 65.0 Å². The molecule has 2 aliphatic heterocycles. The number of carboxylic acid groups (broad SMARTS) is 1. The molecule has 2 saturated heterocycles. The van der Waals surface area contributed by atoms with Gasteiger partial charge in [-0.2, -0.15) is 23.3 Å². The molecular weight excluding hydrogens is 713 g/mol. The summed E-state index contributed by atoms with van der Waals surface area (Å²) in [5, 5.41) is 16.5. The van der Waals surface area contributed by atoms with Crippen LogP contribution in [0, 0.1) is 5.92 Å². The van der Waals surface area contributed by atoms with Crippen LogP contribution in [0.4, 0.5) is 18.9 Å².